The zero-order chi connectivity index (χ0) is 28.9. The van der Waals surface area contributed by atoms with Crippen molar-refractivity contribution in [3.63, 3.8) is 0 Å². The highest BCUT2D eigenvalue weighted by molar-refractivity contribution is 6.31. The van der Waals surface area contributed by atoms with E-state index in [1.807, 2.05) is 89.7 Å². The van der Waals surface area contributed by atoms with Gasteiger partial charge in [0.15, 0.2) is 0 Å². The molecule has 0 fully saturated rings. The summed E-state index contributed by atoms with van der Waals surface area (Å²) in [5.41, 5.74) is 5.57. The highest BCUT2D eigenvalue weighted by atomic mass is 35.5. The van der Waals surface area contributed by atoms with E-state index in [9.17, 15) is 4.79 Å². The Morgan fingerprint density at radius 1 is 1.07 bits per heavy atom. The Labute approximate surface area is 248 Å². The number of benzene rings is 3. The molecule has 0 aliphatic carbocycles. The van der Waals surface area contributed by atoms with E-state index >= 15 is 0 Å². The van der Waals surface area contributed by atoms with Crippen molar-refractivity contribution in [3.05, 3.63) is 113 Å². The average Bonchev–Trinajstić information content (AvgIpc) is 3.67. The molecular formula is C32H30ClN7O2. The Bertz CT molecular complexity index is 1720. The third-order valence-corrected chi connectivity index (χ3v) is 7.40. The Hall–Kier alpha value is -4.76. The van der Waals surface area contributed by atoms with Gasteiger partial charge in [0.25, 0.3) is 0 Å². The molecule has 10 heteroatoms. The molecule has 42 heavy (non-hydrogen) atoms. The van der Waals surface area contributed by atoms with Crippen molar-refractivity contribution in [1.82, 2.24) is 25.0 Å². The number of hydrogen-bond acceptors (Lipinski definition) is 7. The number of anilines is 1. The summed E-state index contributed by atoms with van der Waals surface area (Å²) in [5.74, 6) is 0.654. The lowest BCUT2D eigenvalue weighted by molar-refractivity contribution is -0.130. The molecule has 212 valence electrons. The molecule has 0 saturated carbocycles. The van der Waals surface area contributed by atoms with E-state index < -0.39 is 0 Å². The first-order chi connectivity index (χ1) is 20.5. The highest BCUT2D eigenvalue weighted by Gasteiger charge is 2.31. The maximum absolute atomic E-state index is 12.2. The molecule has 0 bridgehead atoms. The van der Waals surface area contributed by atoms with Crippen molar-refractivity contribution < 1.29 is 9.53 Å². The molecule has 1 aliphatic rings. The number of hydrazone groups is 1. The highest BCUT2D eigenvalue weighted by Crippen LogP contribution is 2.33. The lowest BCUT2D eigenvalue weighted by atomic mass is 9.98. The Balaban J connectivity index is 0.989. The number of carbonyl (C=O) groups is 1. The van der Waals surface area contributed by atoms with Crippen LogP contribution in [0.4, 0.5) is 5.69 Å². The standard InChI is InChI=1S/C32H30ClN7O2/c1-22(41)40-32(24-6-3-2-4-7-24)19-30(37-40)23-8-11-27(12-9-23)42-21-26-20-39(38-36-26)17-5-15-34-29-14-16-35-31-18-25(33)10-13-28(29)31/h2-4,6-14,16,18,20,32H,5,15,17,19,21H2,1H3,(H,34,35). The smallest absolute Gasteiger partial charge is 0.240 e. The third kappa shape index (κ3) is 6.26. The van der Waals surface area contributed by atoms with Crippen LogP contribution in [0.2, 0.25) is 5.02 Å². The summed E-state index contributed by atoms with van der Waals surface area (Å²) in [6.45, 7) is 3.38. The van der Waals surface area contributed by atoms with Crippen LogP contribution in [0.3, 0.4) is 0 Å². The largest absolute Gasteiger partial charge is 0.487 e. The number of fused-ring (bicyclic) bond motifs is 1. The predicted molar refractivity (Wildman–Crippen MR) is 164 cm³/mol. The molecule has 5 aromatic rings. The zero-order valence-electron chi connectivity index (χ0n) is 23.2. The number of ether oxygens (including phenoxy) is 1. The van der Waals surface area contributed by atoms with Gasteiger partial charge >= 0.3 is 0 Å². The minimum absolute atomic E-state index is 0.0729. The molecule has 3 aromatic carbocycles. The number of nitrogens with one attached hydrogen (secondary N) is 1. The van der Waals surface area contributed by atoms with Crippen LogP contribution in [0.1, 0.15) is 42.6 Å². The Morgan fingerprint density at radius 2 is 1.90 bits per heavy atom. The first-order valence-electron chi connectivity index (χ1n) is 13.9. The number of hydrogen-bond donors (Lipinski definition) is 1. The van der Waals surface area contributed by atoms with Gasteiger partial charge in [-0.25, -0.2) is 5.01 Å². The van der Waals surface area contributed by atoms with Gasteiger partial charge in [-0.1, -0.05) is 47.1 Å². The second kappa shape index (κ2) is 12.4. The number of nitrogens with zero attached hydrogens (tertiary/aromatic N) is 6. The molecule has 6 rings (SSSR count). The number of rotatable bonds is 10. The topological polar surface area (TPSA) is 97.5 Å². The number of aryl methyl sites for hydroxylation is 1. The summed E-state index contributed by atoms with van der Waals surface area (Å²) in [7, 11) is 0. The molecule has 1 N–H and O–H groups in total. The predicted octanol–water partition coefficient (Wildman–Crippen LogP) is 6.26. The summed E-state index contributed by atoms with van der Waals surface area (Å²) >= 11 is 6.09. The van der Waals surface area contributed by atoms with Gasteiger partial charge < -0.3 is 10.1 Å². The minimum atomic E-state index is -0.0943. The van der Waals surface area contributed by atoms with Gasteiger partial charge in [-0.15, -0.1) is 5.10 Å². The van der Waals surface area contributed by atoms with Crippen LogP contribution in [0.25, 0.3) is 10.9 Å². The molecule has 0 saturated heterocycles. The molecular weight excluding hydrogens is 550 g/mol. The quantitative estimate of drug-likeness (QED) is 0.196. The monoisotopic (exact) mass is 579 g/mol. The van der Waals surface area contributed by atoms with Crippen molar-refractivity contribution in [2.45, 2.75) is 39.0 Å². The minimum Gasteiger partial charge on any atom is -0.487 e. The first-order valence-corrected chi connectivity index (χ1v) is 14.2. The zero-order valence-corrected chi connectivity index (χ0v) is 23.9. The van der Waals surface area contributed by atoms with E-state index in [1.54, 1.807) is 18.1 Å². The number of amides is 1. The Kier molecular flexibility index (Phi) is 8.09. The van der Waals surface area contributed by atoms with E-state index in [0.29, 0.717) is 18.1 Å². The van der Waals surface area contributed by atoms with E-state index in [4.69, 9.17) is 16.3 Å². The number of halogens is 1. The summed E-state index contributed by atoms with van der Waals surface area (Å²) in [4.78, 5) is 16.6. The summed E-state index contributed by atoms with van der Waals surface area (Å²) in [6.07, 6.45) is 5.23. The maximum Gasteiger partial charge on any atom is 0.240 e. The fourth-order valence-corrected chi connectivity index (χ4v) is 5.23. The third-order valence-electron chi connectivity index (χ3n) is 7.16. The van der Waals surface area contributed by atoms with Gasteiger partial charge in [0, 0.05) is 48.7 Å². The van der Waals surface area contributed by atoms with Crippen molar-refractivity contribution in [1.29, 1.82) is 0 Å². The second-order valence-corrected chi connectivity index (χ2v) is 10.6. The lowest BCUT2D eigenvalue weighted by Gasteiger charge is -2.20. The average molecular weight is 580 g/mol. The van der Waals surface area contributed by atoms with Gasteiger partial charge in [0.2, 0.25) is 5.91 Å². The van der Waals surface area contributed by atoms with Crippen LogP contribution >= 0.6 is 11.6 Å². The van der Waals surface area contributed by atoms with E-state index in [2.05, 4.69) is 25.7 Å². The van der Waals surface area contributed by atoms with Crippen LogP contribution in [0.15, 0.2) is 96.4 Å². The molecule has 1 atom stereocenters. The SMILES string of the molecule is CC(=O)N1N=C(c2ccc(OCc3cn(CCCNc4ccnc5cc(Cl)ccc45)nn3)cc2)CC1c1ccccc1. The molecule has 1 unspecified atom stereocenters. The van der Waals surface area contributed by atoms with Crippen molar-refractivity contribution in [3.8, 4) is 5.75 Å². The molecule has 3 heterocycles. The van der Waals surface area contributed by atoms with Crippen LogP contribution < -0.4 is 10.1 Å². The Morgan fingerprint density at radius 3 is 2.71 bits per heavy atom. The van der Waals surface area contributed by atoms with Crippen LogP contribution in [0.5, 0.6) is 5.75 Å². The molecule has 2 aromatic heterocycles. The van der Waals surface area contributed by atoms with E-state index in [-0.39, 0.29) is 11.9 Å². The van der Waals surface area contributed by atoms with E-state index in [0.717, 1.165) is 64.4 Å². The number of aromatic nitrogens is 4. The van der Waals surface area contributed by atoms with Crippen LogP contribution in [0, 0.1) is 0 Å². The van der Waals surface area contributed by atoms with Gasteiger partial charge in [0.05, 0.1) is 23.5 Å². The maximum atomic E-state index is 12.2. The lowest BCUT2D eigenvalue weighted by Crippen LogP contribution is -2.24. The molecule has 1 aliphatic heterocycles. The van der Waals surface area contributed by atoms with Crippen molar-refractivity contribution >= 4 is 39.8 Å². The fourth-order valence-electron chi connectivity index (χ4n) is 5.06. The molecule has 1 amide bonds. The molecule has 9 nitrogen and oxygen atoms in total. The second-order valence-electron chi connectivity index (χ2n) is 10.1. The van der Waals surface area contributed by atoms with Crippen molar-refractivity contribution in [2.24, 2.45) is 5.10 Å². The molecule has 0 radical (unpaired) electrons. The summed E-state index contributed by atoms with van der Waals surface area (Å²) < 4.78 is 7.79. The summed E-state index contributed by atoms with van der Waals surface area (Å²) in [6, 6.07) is 25.4. The number of pyridine rings is 1. The van der Waals surface area contributed by atoms with Gasteiger partial charge in [-0.3, -0.25) is 14.5 Å². The summed E-state index contributed by atoms with van der Waals surface area (Å²) in [5, 5.41) is 19.9. The van der Waals surface area contributed by atoms with Crippen LogP contribution in [-0.4, -0.2) is 43.2 Å². The van der Waals surface area contributed by atoms with Gasteiger partial charge in [-0.05, 0) is 66.1 Å². The van der Waals surface area contributed by atoms with Crippen molar-refractivity contribution in [2.75, 3.05) is 11.9 Å². The fraction of sp³-hybridized carbons (Fsp3) is 0.219. The molecule has 0 spiro atoms. The normalized spacial score (nSPS) is 14.7. The van der Waals surface area contributed by atoms with Gasteiger partial charge in [0.1, 0.15) is 18.1 Å². The van der Waals surface area contributed by atoms with Gasteiger partial charge in [-0.2, -0.15) is 5.10 Å². The first kappa shape index (κ1) is 27.4. The number of carbonyl (C=O) groups excluding carboxylic acids is 1. The van der Waals surface area contributed by atoms with E-state index in [1.165, 1.54) is 0 Å². The van der Waals surface area contributed by atoms with Crippen LogP contribution in [-0.2, 0) is 17.9 Å².